The Morgan fingerprint density at radius 2 is 1.50 bits per heavy atom. The Balaban J connectivity index is 1.04. The van der Waals surface area contributed by atoms with Gasteiger partial charge in [0.25, 0.3) is 0 Å². The highest BCUT2D eigenvalue weighted by Gasteiger charge is 2.41. The number of ether oxygens (including phenoxy) is 4. The van der Waals surface area contributed by atoms with Gasteiger partial charge in [0.15, 0.2) is 0 Å². The number of hydrogen-bond donors (Lipinski definition) is 7. The number of imidazole rings is 2. The van der Waals surface area contributed by atoms with Crippen LogP contribution in [0.2, 0.25) is 0 Å². The van der Waals surface area contributed by atoms with Gasteiger partial charge >= 0.3 is 6.61 Å². The zero-order valence-electron chi connectivity index (χ0n) is 41.9. The van der Waals surface area contributed by atoms with Crippen LogP contribution in [-0.4, -0.2) is 116 Å². The predicted molar refractivity (Wildman–Crippen MR) is 267 cm³/mol. The van der Waals surface area contributed by atoms with Gasteiger partial charge in [0, 0.05) is 49.9 Å². The molecule has 1 aliphatic carbocycles. The van der Waals surface area contributed by atoms with Crippen LogP contribution in [0, 0.1) is 17.8 Å². The highest BCUT2D eigenvalue weighted by molar-refractivity contribution is 5.88. The van der Waals surface area contributed by atoms with E-state index in [4.69, 9.17) is 28.9 Å². The van der Waals surface area contributed by atoms with E-state index in [9.17, 15) is 28.9 Å². The van der Waals surface area contributed by atoms with E-state index in [-0.39, 0.29) is 47.4 Å². The molecular weight excluding hydrogens is 927 g/mol. The second-order valence-corrected chi connectivity index (χ2v) is 20.2. The van der Waals surface area contributed by atoms with Gasteiger partial charge in [-0.05, 0) is 96.4 Å². The van der Waals surface area contributed by atoms with Crippen molar-refractivity contribution in [3.8, 4) is 34.0 Å². The first-order chi connectivity index (χ1) is 34.6. The average molecular weight is 995 g/mol. The second kappa shape index (κ2) is 21.9. The third-order valence-electron chi connectivity index (χ3n) is 15.1. The molecule has 2 fully saturated rings. The minimum atomic E-state index is -2.98. The Morgan fingerprint density at radius 1 is 0.833 bits per heavy atom. The van der Waals surface area contributed by atoms with Gasteiger partial charge in [-0.1, -0.05) is 77.1 Å². The van der Waals surface area contributed by atoms with Gasteiger partial charge < -0.3 is 49.1 Å². The number of alkyl halides is 2. The van der Waals surface area contributed by atoms with Crippen LogP contribution in [0.25, 0.3) is 34.2 Å². The lowest BCUT2D eigenvalue weighted by Gasteiger charge is -2.37. The molecule has 9 rings (SSSR count). The van der Waals surface area contributed by atoms with Crippen LogP contribution in [-0.2, 0) is 14.3 Å². The number of rotatable bonds is 18. The first-order valence-electron chi connectivity index (χ1n) is 25.1. The molecule has 386 valence electrons. The van der Waals surface area contributed by atoms with Crippen LogP contribution in [0.3, 0.4) is 0 Å². The Kier molecular flexibility index (Phi) is 15.6. The molecule has 0 radical (unpaired) electrons. The molecule has 10 unspecified atom stereocenters. The molecule has 1 amide bonds. The molecule has 7 N–H and O–H groups in total. The highest BCUT2D eigenvalue weighted by Crippen LogP contribution is 2.52. The zero-order chi connectivity index (χ0) is 51.0. The summed E-state index contributed by atoms with van der Waals surface area (Å²) in [5, 5.41) is 38.0. The van der Waals surface area contributed by atoms with Crippen LogP contribution < -0.4 is 20.1 Å². The van der Waals surface area contributed by atoms with Gasteiger partial charge in [0.05, 0.1) is 47.9 Å². The molecule has 10 atom stereocenters. The van der Waals surface area contributed by atoms with E-state index in [1.54, 1.807) is 18.3 Å². The lowest BCUT2D eigenvalue weighted by Crippen LogP contribution is -2.55. The van der Waals surface area contributed by atoms with E-state index in [0.717, 1.165) is 76.3 Å². The van der Waals surface area contributed by atoms with Crippen molar-refractivity contribution in [3.05, 3.63) is 107 Å². The molecule has 4 aliphatic rings. The minimum absolute atomic E-state index is 0.00162. The molecule has 5 aromatic rings. The predicted octanol–water partition coefficient (Wildman–Crippen LogP) is 8.06. The van der Waals surface area contributed by atoms with Crippen molar-refractivity contribution in [1.29, 1.82) is 0 Å². The number of aliphatic hydroxyl groups is 3. The van der Waals surface area contributed by atoms with Crippen LogP contribution >= 0.6 is 0 Å². The maximum atomic E-state index is 13.9. The summed E-state index contributed by atoms with van der Waals surface area (Å²) >= 11 is 0. The maximum absolute atomic E-state index is 13.9. The fourth-order valence-electron chi connectivity index (χ4n) is 11.2. The van der Waals surface area contributed by atoms with Crippen molar-refractivity contribution in [2.75, 3.05) is 27.3 Å². The topological polar surface area (TPSA) is 203 Å². The third kappa shape index (κ3) is 10.6. The SMILES string of the molecule is COC(O)NC(C(=O)N1CCCC1c1ncc(-c2ccc3c(c2)OC(c2cccc(OC(F)F)c2)C2CC3=Cc3cc(-c4cnc(C5CCCN5C(O)C(NC(O)OC)C(C)C)[nH]4)ccc3C2C)[nH]1)C(C)C. The zero-order valence-corrected chi connectivity index (χ0v) is 41.9. The van der Waals surface area contributed by atoms with Crippen LogP contribution in [0.4, 0.5) is 8.78 Å². The van der Waals surface area contributed by atoms with Crippen molar-refractivity contribution in [1.82, 2.24) is 40.4 Å². The number of aliphatic hydroxyl groups excluding tert-OH is 3. The molecule has 2 saturated heterocycles. The van der Waals surface area contributed by atoms with Crippen LogP contribution in [0.5, 0.6) is 11.5 Å². The molecule has 3 aliphatic heterocycles. The number of H-pyrrole nitrogens is 2. The molecule has 2 aromatic heterocycles. The number of halogens is 2. The summed E-state index contributed by atoms with van der Waals surface area (Å²) in [5.41, 5.74) is 8.20. The fraction of sp³-hybridized carbons (Fsp3) is 0.500. The molecule has 16 nitrogen and oxygen atoms in total. The number of aromatic amines is 2. The smallest absolute Gasteiger partial charge is 0.387 e. The van der Waals surface area contributed by atoms with Crippen molar-refractivity contribution < 1.29 is 47.8 Å². The summed E-state index contributed by atoms with van der Waals surface area (Å²) in [5.74, 6) is 1.69. The molecule has 3 aromatic carbocycles. The lowest BCUT2D eigenvalue weighted by atomic mass is 9.78. The van der Waals surface area contributed by atoms with Crippen LogP contribution in [0.15, 0.2) is 73.1 Å². The van der Waals surface area contributed by atoms with Gasteiger partial charge in [0.2, 0.25) is 18.7 Å². The van der Waals surface area contributed by atoms with Gasteiger partial charge in [-0.25, -0.2) is 9.97 Å². The molecule has 0 spiro atoms. The van der Waals surface area contributed by atoms with Crippen molar-refractivity contribution in [2.24, 2.45) is 17.8 Å². The molecule has 0 saturated carbocycles. The van der Waals surface area contributed by atoms with Crippen molar-refractivity contribution >= 4 is 17.6 Å². The summed E-state index contributed by atoms with van der Waals surface area (Å²) in [6, 6.07) is 17.7. The van der Waals surface area contributed by atoms with Gasteiger partial charge in [0.1, 0.15) is 35.5 Å². The monoisotopic (exact) mass is 995 g/mol. The maximum Gasteiger partial charge on any atom is 0.387 e. The summed E-state index contributed by atoms with van der Waals surface area (Å²) in [7, 11) is 2.78. The summed E-state index contributed by atoms with van der Waals surface area (Å²) < 4.78 is 49.2. The van der Waals surface area contributed by atoms with E-state index in [1.165, 1.54) is 20.3 Å². The Morgan fingerprint density at radius 3 is 2.19 bits per heavy atom. The molecular formula is C54H68F2N8O8. The summed E-state index contributed by atoms with van der Waals surface area (Å²) in [6.45, 7) is 8.25. The molecule has 72 heavy (non-hydrogen) atoms. The number of methoxy groups -OCH3 is 2. The number of likely N-dealkylation sites (tertiary alicyclic amines) is 2. The van der Waals surface area contributed by atoms with E-state index >= 15 is 0 Å². The van der Waals surface area contributed by atoms with Gasteiger partial charge in [-0.2, -0.15) is 8.78 Å². The number of hydrogen-bond acceptors (Lipinski definition) is 13. The van der Waals surface area contributed by atoms with E-state index in [1.807, 2.05) is 61.9 Å². The highest BCUT2D eigenvalue weighted by atomic mass is 19.3. The third-order valence-corrected chi connectivity index (χ3v) is 15.1. The largest absolute Gasteiger partial charge is 0.485 e. The standard InChI is InChI=1S/C54H68F2N8O8/c1-28(2)45(61-53(67)69-6)50(65)63-19-9-13-42(63)48-57-26-40(59-48)31-15-17-37-30(5)39-24-35(22-34(37)21-31)38-18-16-32(25-44(38)72-47(39)33-11-8-12-36(23-33)71-52(55)56)41-27-58-49(60-41)43-14-10-20-64(43)51(66)46(29(3)4)62-54(68)70-7/h8,11-12,15-18,21-23,25-30,39,42-43,45-47,50,52-54,61-62,65,67-68H,9-10,13-14,19-20,24H2,1-7H3,(H,57,59)(H,58,60). The number of benzene rings is 3. The Labute approximate surface area is 419 Å². The number of amides is 1. The first-order valence-corrected chi connectivity index (χ1v) is 25.1. The molecule has 18 heteroatoms. The van der Waals surface area contributed by atoms with Gasteiger partial charge in [-0.3, -0.25) is 20.3 Å². The Bertz CT molecular complexity index is 2710. The van der Waals surface area contributed by atoms with E-state index in [2.05, 4.69) is 57.9 Å². The average Bonchev–Trinajstić information content (AvgIpc) is 4.21. The number of nitrogens with zero attached hydrogens (tertiary/aromatic N) is 4. The lowest BCUT2D eigenvalue weighted by molar-refractivity contribution is -0.145. The molecule has 5 heterocycles. The first kappa shape index (κ1) is 51.3. The van der Waals surface area contributed by atoms with Gasteiger partial charge in [-0.15, -0.1) is 0 Å². The molecule has 2 bridgehead atoms. The number of carbonyl (C=O) groups is 1. The quantitative estimate of drug-likeness (QED) is 0.0416. The van der Waals surface area contributed by atoms with E-state index in [0.29, 0.717) is 36.6 Å². The minimum Gasteiger partial charge on any atom is -0.485 e. The summed E-state index contributed by atoms with van der Waals surface area (Å²) in [4.78, 5) is 34.5. The number of carbonyl (C=O) groups excluding carboxylic acids is 1. The van der Waals surface area contributed by atoms with Crippen molar-refractivity contribution in [3.63, 3.8) is 0 Å². The van der Waals surface area contributed by atoms with Crippen LogP contribution in [0.1, 0.15) is 125 Å². The summed E-state index contributed by atoms with van der Waals surface area (Å²) in [6.07, 6.45) is 5.75. The number of allylic oxidation sites excluding steroid dienone is 1. The van der Waals surface area contributed by atoms with Crippen molar-refractivity contribution in [2.45, 2.75) is 129 Å². The number of nitrogens with one attached hydrogen (secondary N) is 4. The fourth-order valence-corrected chi connectivity index (χ4v) is 11.2. The van der Waals surface area contributed by atoms with E-state index < -0.39 is 43.9 Å². The Hall–Kier alpha value is -5.57. The number of fused-ring (bicyclic) bond motifs is 5. The number of aromatic nitrogens is 4. The second-order valence-electron chi connectivity index (χ2n) is 20.2. The normalized spacial score (nSPS) is 23.2.